The summed E-state index contributed by atoms with van der Waals surface area (Å²) in [7, 11) is 0. The molecule has 0 spiro atoms. The van der Waals surface area contributed by atoms with Crippen LogP contribution in [0.2, 0.25) is 5.02 Å². The largest absolute Gasteiger partial charge is 0.416 e. The molecule has 198 valence electrons. The molecule has 2 aromatic carbocycles. The molecule has 0 saturated carbocycles. The van der Waals surface area contributed by atoms with E-state index in [1.54, 1.807) is 17.0 Å². The normalized spacial score (nSPS) is 19.5. The number of carbonyl (C=O) groups excluding carboxylic acids is 3. The second-order valence-electron chi connectivity index (χ2n) is 8.95. The molecule has 2 heterocycles. The Labute approximate surface area is 216 Å². The average Bonchev–Trinajstić information content (AvgIpc) is 3.18. The highest BCUT2D eigenvalue weighted by Crippen LogP contribution is 2.30. The van der Waals surface area contributed by atoms with Crippen LogP contribution in [0.25, 0.3) is 0 Å². The maximum Gasteiger partial charge on any atom is 0.416 e. The minimum Gasteiger partial charge on any atom is -0.368 e. The third kappa shape index (κ3) is 7.21. The van der Waals surface area contributed by atoms with Gasteiger partial charge in [-0.25, -0.2) is 4.79 Å². The molecule has 2 aliphatic heterocycles. The average molecular weight is 539 g/mol. The smallest absolute Gasteiger partial charge is 0.368 e. The van der Waals surface area contributed by atoms with Gasteiger partial charge in [-0.05, 0) is 35.4 Å². The third-order valence-corrected chi connectivity index (χ3v) is 6.61. The van der Waals surface area contributed by atoms with Gasteiger partial charge in [-0.2, -0.15) is 13.2 Å². The summed E-state index contributed by atoms with van der Waals surface area (Å²) in [6, 6.07) is 10.6. The van der Waals surface area contributed by atoms with Gasteiger partial charge in [0.1, 0.15) is 6.04 Å². The second kappa shape index (κ2) is 11.5. The lowest BCUT2D eigenvalue weighted by molar-refractivity contribution is -0.137. The number of alkyl halides is 3. The van der Waals surface area contributed by atoms with Gasteiger partial charge in [-0.1, -0.05) is 35.9 Å². The van der Waals surface area contributed by atoms with Crippen molar-refractivity contribution < 1.29 is 32.3 Å². The van der Waals surface area contributed by atoms with Gasteiger partial charge in [0, 0.05) is 37.7 Å². The van der Waals surface area contributed by atoms with E-state index >= 15 is 0 Å². The lowest BCUT2D eigenvalue weighted by atomic mass is 10.1. The van der Waals surface area contributed by atoms with Crippen molar-refractivity contribution >= 4 is 29.4 Å². The number of hydrogen-bond donors (Lipinski definition) is 2. The lowest BCUT2D eigenvalue weighted by Gasteiger charge is -2.36. The molecule has 2 aromatic rings. The highest BCUT2D eigenvalue weighted by molar-refractivity contribution is 6.30. The van der Waals surface area contributed by atoms with Crippen LogP contribution in [-0.2, 0) is 27.1 Å². The quantitative estimate of drug-likeness (QED) is 0.503. The van der Waals surface area contributed by atoms with Crippen LogP contribution >= 0.6 is 11.6 Å². The van der Waals surface area contributed by atoms with Gasteiger partial charge in [-0.15, -0.1) is 0 Å². The van der Waals surface area contributed by atoms with E-state index in [0.717, 1.165) is 17.7 Å². The van der Waals surface area contributed by atoms with Crippen molar-refractivity contribution in [1.82, 2.24) is 20.4 Å². The summed E-state index contributed by atoms with van der Waals surface area (Å²) >= 11 is 6.03. The molecule has 0 radical (unpaired) electrons. The highest BCUT2D eigenvalue weighted by Gasteiger charge is 2.34. The van der Waals surface area contributed by atoms with E-state index < -0.39 is 29.7 Å². The number of amides is 4. The van der Waals surface area contributed by atoms with Gasteiger partial charge < -0.3 is 15.0 Å². The van der Waals surface area contributed by atoms with Crippen molar-refractivity contribution in [2.24, 2.45) is 0 Å². The van der Waals surface area contributed by atoms with Gasteiger partial charge in [0.2, 0.25) is 5.91 Å². The Morgan fingerprint density at radius 1 is 1.03 bits per heavy atom. The summed E-state index contributed by atoms with van der Waals surface area (Å²) in [5, 5.41) is 5.12. The third-order valence-electron chi connectivity index (χ3n) is 6.36. The molecule has 8 nitrogen and oxygen atoms in total. The number of carbonyl (C=O) groups is 3. The van der Waals surface area contributed by atoms with Gasteiger partial charge >= 0.3 is 12.2 Å². The van der Waals surface area contributed by atoms with Crippen molar-refractivity contribution in [3.63, 3.8) is 0 Å². The van der Waals surface area contributed by atoms with Crippen molar-refractivity contribution in [3.8, 4) is 0 Å². The summed E-state index contributed by atoms with van der Waals surface area (Å²) < 4.78 is 44.7. The molecule has 4 amide bonds. The van der Waals surface area contributed by atoms with E-state index in [1.807, 2.05) is 12.1 Å². The molecule has 12 heteroatoms. The molecule has 0 unspecified atom stereocenters. The van der Waals surface area contributed by atoms with Crippen LogP contribution in [0.15, 0.2) is 48.5 Å². The highest BCUT2D eigenvalue weighted by atomic mass is 35.5. The number of piperazine rings is 1. The first-order chi connectivity index (χ1) is 17.6. The number of rotatable bonds is 8. The first-order valence-corrected chi connectivity index (χ1v) is 12.1. The van der Waals surface area contributed by atoms with Gasteiger partial charge in [0.25, 0.3) is 5.91 Å². The number of benzene rings is 2. The monoisotopic (exact) mass is 538 g/mol. The predicted molar refractivity (Wildman–Crippen MR) is 129 cm³/mol. The number of nitrogens with one attached hydrogen (secondary N) is 2. The first kappa shape index (κ1) is 26.9. The number of hydrogen-bond acceptors (Lipinski definition) is 5. The molecule has 2 aliphatic rings. The molecule has 2 fully saturated rings. The summed E-state index contributed by atoms with van der Waals surface area (Å²) in [4.78, 5) is 39.4. The Balaban J connectivity index is 1.34. The fourth-order valence-electron chi connectivity index (χ4n) is 4.24. The number of nitrogens with zero attached hydrogens (tertiary/aromatic N) is 2. The minimum atomic E-state index is -4.40. The van der Waals surface area contributed by atoms with E-state index in [9.17, 15) is 27.6 Å². The zero-order valence-corrected chi connectivity index (χ0v) is 20.5. The Kier molecular flexibility index (Phi) is 8.35. The minimum absolute atomic E-state index is 0.0960. The standard InChI is InChI=1S/C25H26ClF3N4O4/c26-19-7-3-17(4-8-19)21(37-15-16-1-5-18(6-2-16)25(27,28)29)14-32-9-11-33(12-10-32)22(34)13-20-23(35)31-24(36)30-20/h1-8,20-21H,9-15H2,(H2,30,31,35,36)/t20-,21-/m1/s1. The molecule has 0 aliphatic carbocycles. The maximum absolute atomic E-state index is 12.9. The maximum atomic E-state index is 12.9. The zero-order valence-electron chi connectivity index (χ0n) is 19.8. The van der Waals surface area contributed by atoms with Crippen LogP contribution in [-0.4, -0.2) is 66.4 Å². The van der Waals surface area contributed by atoms with Crippen molar-refractivity contribution in [2.75, 3.05) is 32.7 Å². The van der Waals surface area contributed by atoms with Crippen LogP contribution in [0.5, 0.6) is 0 Å². The van der Waals surface area contributed by atoms with Gasteiger partial charge in [0.15, 0.2) is 0 Å². The number of imide groups is 1. The van der Waals surface area contributed by atoms with E-state index in [1.165, 1.54) is 12.1 Å². The number of urea groups is 1. The molecular weight excluding hydrogens is 513 g/mol. The molecule has 37 heavy (non-hydrogen) atoms. The lowest BCUT2D eigenvalue weighted by Crippen LogP contribution is -2.51. The van der Waals surface area contributed by atoms with Crippen LogP contribution in [0, 0.1) is 0 Å². The van der Waals surface area contributed by atoms with Crippen molar-refractivity contribution in [1.29, 1.82) is 0 Å². The van der Waals surface area contributed by atoms with Crippen LogP contribution < -0.4 is 10.6 Å². The van der Waals surface area contributed by atoms with Crippen LogP contribution in [0.3, 0.4) is 0 Å². The SMILES string of the molecule is O=C1NC(=O)[C@@H](CC(=O)N2CCN(C[C@@H](OCc3ccc(C(F)(F)F)cc3)c3ccc(Cl)cc3)CC2)N1. The second-order valence-corrected chi connectivity index (χ2v) is 9.38. The Bertz CT molecular complexity index is 1120. The van der Waals surface area contributed by atoms with Crippen molar-refractivity contribution in [2.45, 2.75) is 31.3 Å². The molecule has 2 saturated heterocycles. The van der Waals surface area contributed by atoms with Crippen molar-refractivity contribution in [3.05, 3.63) is 70.2 Å². The summed E-state index contributed by atoms with van der Waals surface area (Å²) in [5.41, 5.74) is 0.775. The Morgan fingerprint density at radius 2 is 1.68 bits per heavy atom. The van der Waals surface area contributed by atoms with E-state index in [4.69, 9.17) is 16.3 Å². The van der Waals surface area contributed by atoms with Crippen LogP contribution in [0.4, 0.5) is 18.0 Å². The summed E-state index contributed by atoms with van der Waals surface area (Å²) in [6.07, 6.45) is -4.87. The first-order valence-electron chi connectivity index (χ1n) is 11.7. The Morgan fingerprint density at radius 3 is 2.24 bits per heavy atom. The van der Waals surface area contributed by atoms with Gasteiger partial charge in [0.05, 0.1) is 24.7 Å². The molecule has 0 aromatic heterocycles. The Hall–Kier alpha value is -3.15. The fourth-order valence-corrected chi connectivity index (χ4v) is 4.37. The molecule has 2 atom stereocenters. The topological polar surface area (TPSA) is 91.0 Å². The fraction of sp³-hybridized carbons (Fsp3) is 0.400. The van der Waals surface area contributed by atoms with E-state index in [-0.39, 0.29) is 25.0 Å². The van der Waals surface area contributed by atoms with Gasteiger partial charge in [-0.3, -0.25) is 19.8 Å². The zero-order chi connectivity index (χ0) is 26.6. The van der Waals surface area contributed by atoms with E-state index in [2.05, 4.69) is 15.5 Å². The number of halogens is 4. The molecule has 2 N–H and O–H groups in total. The van der Waals surface area contributed by atoms with E-state index in [0.29, 0.717) is 43.3 Å². The molecular formula is C25H26ClF3N4O4. The summed E-state index contributed by atoms with van der Waals surface area (Å²) in [5.74, 6) is -0.720. The summed E-state index contributed by atoms with van der Waals surface area (Å²) in [6.45, 7) is 2.68. The van der Waals surface area contributed by atoms with Crippen LogP contribution in [0.1, 0.15) is 29.2 Å². The predicted octanol–water partition coefficient (Wildman–Crippen LogP) is 3.36. The number of ether oxygens (including phenoxy) is 1. The molecule has 0 bridgehead atoms. The molecule has 4 rings (SSSR count).